The second-order valence-corrected chi connectivity index (χ2v) is 3.80. The van der Waals surface area contributed by atoms with E-state index in [1.807, 2.05) is 6.07 Å². The first kappa shape index (κ1) is 12.0. The standard InChI is InChI=1S/C12H15NO4/c1-15-12(14)11-4-2-3-9(13-11)7-17-10-5-6-16-8-10/h2-4,10H,5-8H2,1H3. The number of aromatic nitrogens is 1. The van der Waals surface area contributed by atoms with Crippen molar-refractivity contribution in [2.45, 2.75) is 19.1 Å². The van der Waals surface area contributed by atoms with Gasteiger partial charge in [-0.25, -0.2) is 9.78 Å². The normalized spacial score (nSPS) is 19.2. The fraction of sp³-hybridized carbons (Fsp3) is 0.500. The van der Waals surface area contributed by atoms with Crippen LogP contribution in [0.15, 0.2) is 18.2 Å². The predicted octanol–water partition coefficient (Wildman–Crippen LogP) is 1.17. The highest BCUT2D eigenvalue weighted by atomic mass is 16.5. The number of esters is 1. The molecule has 1 fully saturated rings. The lowest BCUT2D eigenvalue weighted by atomic mass is 10.3. The molecule has 1 aliphatic rings. The Morgan fingerprint density at radius 1 is 1.59 bits per heavy atom. The summed E-state index contributed by atoms with van der Waals surface area (Å²) in [4.78, 5) is 15.4. The van der Waals surface area contributed by atoms with Crippen molar-refractivity contribution >= 4 is 5.97 Å². The van der Waals surface area contributed by atoms with E-state index < -0.39 is 5.97 Å². The number of nitrogens with zero attached hydrogens (tertiary/aromatic N) is 1. The molecular formula is C12H15NO4. The van der Waals surface area contributed by atoms with Crippen molar-refractivity contribution in [3.8, 4) is 0 Å². The molecule has 0 aromatic carbocycles. The Morgan fingerprint density at radius 2 is 2.47 bits per heavy atom. The van der Waals surface area contributed by atoms with E-state index in [4.69, 9.17) is 9.47 Å². The Hall–Kier alpha value is -1.46. The van der Waals surface area contributed by atoms with Crippen molar-refractivity contribution < 1.29 is 19.0 Å². The summed E-state index contributed by atoms with van der Waals surface area (Å²) in [5.41, 5.74) is 1.02. The number of hydrogen-bond acceptors (Lipinski definition) is 5. The molecule has 1 aliphatic heterocycles. The van der Waals surface area contributed by atoms with Gasteiger partial charge in [-0.2, -0.15) is 0 Å². The molecule has 0 saturated carbocycles. The Morgan fingerprint density at radius 3 is 3.18 bits per heavy atom. The average molecular weight is 237 g/mol. The van der Waals surface area contributed by atoms with Gasteiger partial charge < -0.3 is 14.2 Å². The SMILES string of the molecule is COC(=O)c1cccc(COC2CCOC2)n1. The van der Waals surface area contributed by atoms with E-state index in [0.29, 0.717) is 18.9 Å². The van der Waals surface area contributed by atoms with Crippen LogP contribution in [0.4, 0.5) is 0 Å². The predicted molar refractivity (Wildman–Crippen MR) is 59.6 cm³/mol. The molecule has 0 aliphatic carbocycles. The number of pyridine rings is 1. The summed E-state index contributed by atoms with van der Waals surface area (Å²) in [5.74, 6) is -0.434. The monoisotopic (exact) mass is 237 g/mol. The van der Waals surface area contributed by atoms with E-state index in [2.05, 4.69) is 9.72 Å². The van der Waals surface area contributed by atoms with Gasteiger partial charge in [0.2, 0.25) is 0 Å². The molecule has 1 saturated heterocycles. The smallest absolute Gasteiger partial charge is 0.356 e. The van der Waals surface area contributed by atoms with Gasteiger partial charge in [-0.1, -0.05) is 6.07 Å². The van der Waals surface area contributed by atoms with Crippen molar-refractivity contribution in [2.24, 2.45) is 0 Å². The van der Waals surface area contributed by atoms with Crippen molar-refractivity contribution in [3.63, 3.8) is 0 Å². The molecule has 5 heteroatoms. The van der Waals surface area contributed by atoms with Gasteiger partial charge in [0.1, 0.15) is 5.69 Å². The number of rotatable bonds is 4. The largest absolute Gasteiger partial charge is 0.464 e. The fourth-order valence-corrected chi connectivity index (χ4v) is 1.63. The molecule has 0 spiro atoms. The molecule has 92 valence electrons. The van der Waals surface area contributed by atoms with E-state index in [9.17, 15) is 4.79 Å². The number of ether oxygens (including phenoxy) is 3. The minimum atomic E-state index is -0.434. The van der Waals surface area contributed by atoms with Crippen molar-refractivity contribution in [1.29, 1.82) is 0 Å². The molecule has 0 N–H and O–H groups in total. The summed E-state index contributed by atoms with van der Waals surface area (Å²) >= 11 is 0. The summed E-state index contributed by atoms with van der Waals surface area (Å²) in [6.07, 6.45) is 1.05. The van der Waals surface area contributed by atoms with Gasteiger partial charge in [0, 0.05) is 6.61 Å². The Labute approximate surface area is 99.7 Å². The van der Waals surface area contributed by atoms with Gasteiger partial charge in [0.25, 0.3) is 0 Å². The molecule has 1 aromatic heterocycles. The van der Waals surface area contributed by atoms with Gasteiger partial charge in [-0.15, -0.1) is 0 Å². The maximum atomic E-state index is 11.3. The topological polar surface area (TPSA) is 57.7 Å². The number of carbonyl (C=O) groups excluding carboxylic acids is 1. The highest BCUT2D eigenvalue weighted by molar-refractivity contribution is 5.87. The third kappa shape index (κ3) is 3.25. The zero-order valence-corrected chi connectivity index (χ0v) is 9.72. The Kier molecular flexibility index (Phi) is 4.06. The van der Waals surface area contributed by atoms with Crippen LogP contribution >= 0.6 is 0 Å². The fourth-order valence-electron chi connectivity index (χ4n) is 1.63. The minimum absolute atomic E-state index is 0.138. The van der Waals surface area contributed by atoms with E-state index >= 15 is 0 Å². The van der Waals surface area contributed by atoms with E-state index in [0.717, 1.165) is 18.7 Å². The first-order valence-electron chi connectivity index (χ1n) is 5.53. The van der Waals surface area contributed by atoms with Crippen molar-refractivity contribution in [3.05, 3.63) is 29.6 Å². The zero-order chi connectivity index (χ0) is 12.1. The van der Waals surface area contributed by atoms with Crippen LogP contribution in [0, 0.1) is 0 Å². The second kappa shape index (κ2) is 5.75. The molecule has 2 heterocycles. The lowest BCUT2D eigenvalue weighted by molar-refractivity contribution is 0.0299. The molecule has 1 atom stereocenters. The zero-order valence-electron chi connectivity index (χ0n) is 9.72. The van der Waals surface area contributed by atoms with Gasteiger partial charge >= 0.3 is 5.97 Å². The molecule has 1 aromatic rings. The molecular weight excluding hydrogens is 222 g/mol. The summed E-state index contributed by atoms with van der Waals surface area (Å²) in [6, 6.07) is 5.21. The highest BCUT2D eigenvalue weighted by Gasteiger charge is 2.16. The Bertz CT molecular complexity index is 388. The number of methoxy groups -OCH3 is 1. The number of carbonyl (C=O) groups is 1. The molecule has 5 nitrogen and oxygen atoms in total. The van der Waals surface area contributed by atoms with Gasteiger partial charge in [0.05, 0.1) is 32.1 Å². The molecule has 0 amide bonds. The Balaban J connectivity index is 1.93. The second-order valence-electron chi connectivity index (χ2n) is 3.80. The quantitative estimate of drug-likeness (QED) is 0.736. The summed E-state index contributed by atoms with van der Waals surface area (Å²) in [5, 5.41) is 0. The molecule has 1 unspecified atom stereocenters. The van der Waals surface area contributed by atoms with Crippen LogP contribution in [0.5, 0.6) is 0 Å². The van der Waals surface area contributed by atoms with Crippen molar-refractivity contribution in [2.75, 3.05) is 20.3 Å². The third-order valence-corrected chi connectivity index (χ3v) is 2.56. The number of hydrogen-bond donors (Lipinski definition) is 0. The van der Waals surface area contributed by atoms with Crippen molar-refractivity contribution in [1.82, 2.24) is 4.98 Å². The van der Waals surface area contributed by atoms with E-state index in [1.165, 1.54) is 7.11 Å². The first-order chi connectivity index (χ1) is 8.29. The van der Waals surface area contributed by atoms with Crippen LogP contribution in [0.1, 0.15) is 22.6 Å². The van der Waals surface area contributed by atoms with Crippen LogP contribution in [0.2, 0.25) is 0 Å². The van der Waals surface area contributed by atoms with E-state index in [1.54, 1.807) is 12.1 Å². The van der Waals surface area contributed by atoms with E-state index in [-0.39, 0.29) is 6.10 Å². The van der Waals surface area contributed by atoms with Crippen LogP contribution in [0.25, 0.3) is 0 Å². The van der Waals surface area contributed by atoms with Crippen LogP contribution in [0.3, 0.4) is 0 Å². The first-order valence-corrected chi connectivity index (χ1v) is 5.53. The summed E-state index contributed by atoms with van der Waals surface area (Å²) in [6.45, 7) is 1.77. The van der Waals surface area contributed by atoms with Crippen LogP contribution < -0.4 is 0 Å². The van der Waals surface area contributed by atoms with Gasteiger partial charge in [-0.3, -0.25) is 0 Å². The van der Waals surface area contributed by atoms with Gasteiger partial charge in [-0.05, 0) is 18.6 Å². The third-order valence-electron chi connectivity index (χ3n) is 2.56. The molecule has 2 rings (SSSR count). The summed E-state index contributed by atoms with van der Waals surface area (Å²) < 4.78 is 15.4. The highest BCUT2D eigenvalue weighted by Crippen LogP contribution is 2.11. The lowest BCUT2D eigenvalue weighted by Gasteiger charge is -2.09. The van der Waals surface area contributed by atoms with Crippen LogP contribution in [-0.4, -0.2) is 37.4 Å². The molecule has 17 heavy (non-hydrogen) atoms. The molecule has 0 radical (unpaired) electrons. The molecule has 0 bridgehead atoms. The maximum Gasteiger partial charge on any atom is 0.356 e. The summed E-state index contributed by atoms with van der Waals surface area (Å²) in [7, 11) is 1.34. The maximum absolute atomic E-state index is 11.3. The minimum Gasteiger partial charge on any atom is -0.464 e. The van der Waals surface area contributed by atoms with Crippen LogP contribution in [-0.2, 0) is 20.8 Å². The lowest BCUT2D eigenvalue weighted by Crippen LogP contribution is -2.13. The van der Waals surface area contributed by atoms with Gasteiger partial charge in [0.15, 0.2) is 0 Å². The average Bonchev–Trinajstić information content (AvgIpc) is 2.89.